The smallest absolute Gasteiger partial charge is 0.307 e. The number of carbonyl (C=O) groups is 2. The molecule has 5 nitrogen and oxygen atoms in total. The van der Waals surface area contributed by atoms with E-state index < -0.39 is 0 Å². The normalized spacial score (nSPS) is 11.9. The summed E-state index contributed by atoms with van der Waals surface area (Å²) in [6.45, 7) is 1.68. The maximum absolute atomic E-state index is 12.4. The molecule has 1 amide bonds. The Labute approximate surface area is 172 Å². The number of carbonyl (C=O) groups excluding carboxylic acids is 2. The molecule has 3 aromatic rings. The van der Waals surface area contributed by atoms with E-state index in [9.17, 15) is 9.59 Å². The van der Waals surface area contributed by atoms with Gasteiger partial charge in [-0.25, -0.2) is 4.98 Å². The molecule has 0 N–H and O–H groups in total. The summed E-state index contributed by atoms with van der Waals surface area (Å²) in [6.07, 6.45) is 0.268. The van der Waals surface area contributed by atoms with E-state index in [0.717, 1.165) is 20.1 Å². The number of esters is 1. The first-order valence-electron chi connectivity index (χ1n) is 8.99. The Kier molecular flexibility index (Phi) is 7.06. The van der Waals surface area contributed by atoms with Gasteiger partial charge in [0, 0.05) is 17.7 Å². The van der Waals surface area contributed by atoms with Gasteiger partial charge in [-0.1, -0.05) is 30.3 Å². The van der Waals surface area contributed by atoms with E-state index in [1.165, 1.54) is 0 Å². The minimum Gasteiger partial charge on any atom is -0.456 e. The Morgan fingerprint density at radius 3 is 2.61 bits per heavy atom. The van der Waals surface area contributed by atoms with E-state index in [2.05, 4.69) is 4.98 Å². The molecule has 146 valence electrons. The molecule has 3 rings (SSSR count). The Bertz CT molecular complexity index is 910. The molecular weight excluding hydrogens is 392 g/mol. The van der Waals surface area contributed by atoms with Crippen LogP contribution in [-0.4, -0.2) is 41.2 Å². The van der Waals surface area contributed by atoms with Crippen LogP contribution < -0.4 is 0 Å². The number of fused-ring (bicyclic) bond motifs is 1. The summed E-state index contributed by atoms with van der Waals surface area (Å²) in [5, 5.41) is 0.864. The third-order valence-electron chi connectivity index (χ3n) is 4.32. The number of nitrogens with zero attached hydrogens (tertiary/aromatic N) is 2. The highest BCUT2D eigenvalue weighted by molar-refractivity contribution is 7.99. The van der Waals surface area contributed by atoms with Gasteiger partial charge in [0.1, 0.15) is 5.01 Å². The van der Waals surface area contributed by atoms with E-state index in [-0.39, 0.29) is 30.9 Å². The molecule has 0 bridgehead atoms. The number of para-hydroxylation sites is 1. The van der Waals surface area contributed by atoms with Crippen molar-refractivity contribution in [2.75, 3.05) is 19.4 Å². The van der Waals surface area contributed by atoms with E-state index in [4.69, 9.17) is 4.74 Å². The summed E-state index contributed by atoms with van der Waals surface area (Å²) in [5.41, 5.74) is 0.928. The van der Waals surface area contributed by atoms with Gasteiger partial charge in [0.25, 0.3) is 5.91 Å². The maximum atomic E-state index is 12.4. The molecule has 0 aliphatic rings. The van der Waals surface area contributed by atoms with Crippen molar-refractivity contribution in [2.45, 2.75) is 24.3 Å². The lowest BCUT2D eigenvalue weighted by molar-refractivity contribution is -0.151. The van der Waals surface area contributed by atoms with Crippen molar-refractivity contribution in [3.8, 4) is 0 Å². The summed E-state index contributed by atoms with van der Waals surface area (Å²) in [5.74, 6) is 0.0169. The average molecular weight is 415 g/mol. The number of hydrogen-bond acceptors (Lipinski definition) is 6. The standard InChI is InChI=1S/C21H22N2O3S2/c1-15(21-22-17-10-6-7-11-18(17)28-21)23(2)19(24)14-26-20(25)12-13-27-16-8-4-3-5-9-16/h3-11,15H,12-14H2,1-2H3/t15-/m0/s1. The second-order valence-corrected chi connectivity index (χ2v) is 8.50. The van der Waals surface area contributed by atoms with Crippen molar-refractivity contribution in [3.63, 3.8) is 0 Å². The van der Waals surface area contributed by atoms with E-state index in [1.807, 2.05) is 61.5 Å². The highest BCUT2D eigenvalue weighted by Gasteiger charge is 2.21. The van der Waals surface area contributed by atoms with Crippen molar-refractivity contribution < 1.29 is 14.3 Å². The summed E-state index contributed by atoms with van der Waals surface area (Å²) in [7, 11) is 1.71. The Morgan fingerprint density at radius 2 is 1.86 bits per heavy atom. The van der Waals surface area contributed by atoms with Crippen LogP contribution in [0, 0.1) is 0 Å². The number of aromatic nitrogens is 1. The van der Waals surface area contributed by atoms with E-state index >= 15 is 0 Å². The van der Waals surface area contributed by atoms with Crippen molar-refractivity contribution in [1.29, 1.82) is 0 Å². The van der Waals surface area contributed by atoms with Crippen LogP contribution >= 0.6 is 23.1 Å². The van der Waals surface area contributed by atoms with Gasteiger partial charge >= 0.3 is 5.97 Å². The first-order chi connectivity index (χ1) is 13.5. The number of thiazole rings is 1. The highest BCUT2D eigenvalue weighted by Crippen LogP contribution is 2.28. The number of hydrogen-bond donors (Lipinski definition) is 0. The second kappa shape index (κ2) is 9.71. The Morgan fingerprint density at radius 1 is 1.14 bits per heavy atom. The summed E-state index contributed by atoms with van der Waals surface area (Å²) in [6, 6.07) is 17.6. The topological polar surface area (TPSA) is 59.5 Å². The fourth-order valence-electron chi connectivity index (χ4n) is 2.54. The third kappa shape index (κ3) is 5.33. The SMILES string of the molecule is C[C@@H](c1nc2ccccc2s1)N(C)C(=O)COC(=O)CCSc1ccccc1. The Balaban J connectivity index is 1.44. The van der Waals surface area contributed by atoms with Crippen LogP contribution in [0.15, 0.2) is 59.5 Å². The third-order valence-corrected chi connectivity index (χ3v) is 6.54. The van der Waals surface area contributed by atoms with Gasteiger partial charge in [0.2, 0.25) is 0 Å². The molecule has 0 aliphatic carbocycles. The molecule has 0 fully saturated rings. The van der Waals surface area contributed by atoms with Crippen molar-refractivity contribution >= 4 is 45.2 Å². The zero-order valence-corrected chi connectivity index (χ0v) is 17.5. The quantitative estimate of drug-likeness (QED) is 0.400. The monoisotopic (exact) mass is 414 g/mol. The number of benzene rings is 2. The van der Waals surface area contributed by atoms with Crippen LogP contribution in [0.5, 0.6) is 0 Å². The lowest BCUT2D eigenvalue weighted by atomic mass is 10.3. The summed E-state index contributed by atoms with van der Waals surface area (Å²) in [4.78, 5) is 31.6. The zero-order valence-electron chi connectivity index (χ0n) is 15.8. The molecule has 0 aliphatic heterocycles. The van der Waals surface area contributed by atoms with Crippen LogP contribution in [0.3, 0.4) is 0 Å². The predicted molar refractivity (Wildman–Crippen MR) is 114 cm³/mol. The van der Waals surface area contributed by atoms with Gasteiger partial charge in [-0.15, -0.1) is 23.1 Å². The molecule has 0 unspecified atom stereocenters. The van der Waals surface area contributed by atoms with Crippen molar-refractivity contribution in [1.82, 2.24) is 9.88 Å². The number of amides is 1. The van der Waals surface area contributed by atoms with Gasteiger partial charge in [-0.3, -0.25) is 9.59 Å². The molecule has 1 aromatic heterocycles. The van der Waals surface area contributed by atoms with Crippen molar-refractivity contribution in [2.24, 2.45) is 0 Å². The van der Waals surface area contributed by atoms with Crippen LogP contribution in [0.25, 0.3) is 10.2 Å². The van der Waals surface area contributed by atoms with Crippen LogP contribution in [0.1, 0.15) is 24.4 Å². The molecule has 0 spiro atoms. The molecule has 0 saturated carbocycles. The summed E-state index contributed by atoms with van der Waals surface area (Å²) >= 11 is 3.16. The lowest BCUT2D eigenvalue weighted by Gasteiger charge is -2.23. The van der Waals surface area contributed by atoms with Crippen LogP contribution in [0.2, 0.25) is 0 Å². The fraction of sp³-hybridized carbons (Fsp3) is 0.286. The van der Waals surface area contributed by atoms with Crippen LogP contribution in [-0.2, 0) is 14.3 Å². The number of rotatable bonds is 8. The molecule has 1 atom stereocenters. The molecule has 2 aromatic carbocycles. The minimum atomic E-state index is -0.363. The fourth-order valence-corrected chi connectivity index (χ4v) is 4.45. The first kappa shape index (κ1) is 20.4. The average Bonchev–Trinajstić information content (AvgIpc) is 3.16. The van der Waals surface area contributed by atoms with E-state index in [0.29, 0.717) is 5.75 Å². The molecule has 28 heavy (non-hydrogen) atoms. The Hall–Kier alpha value is -2.38. The first-order valence-corrected chi connectivity index (χ1v) is 10.8. The number of ether oxygens (including phenoxy) is 1. The van der Waals surface area contributed by atoms with Crippen LogP contribution in [0.4, 0.5) is 0 Å². The van der Waals surface area contributed by atoms with Gasteiger partial charge in [-0.05, 0) is 31.2 Å². The molecule has 0 saturated heterocycles. The second-order valence-electron chi connectivity index (χ2n) is 6.27. The number of thioether (sulfide) groups is 1. The molecule has 1 heterocycles. The van der Waals surface area contributed by atoms with Gasteiger partial charge in [0.05, 0.1) is 22.7 Å². The largest absolute Gasteiger partial charge is 0.456 e. The summed E-state index contributed by atoms with van der Waals surface area (Å²) < 4.78 is 6.24. The molecule has 0 radical (unpaired) electrons. The van der Waals surface area contributed by atoms with Gasteiger partial charge in [-0.2, -0.15) is 0 Å². The molecule has 7 heteroatoms. The molecular formula is C21H22N2O3S2. The van der Waals surface area contributed by atoms with E-state index in [1.54, 1.807) is 35.0 Å². The minimum absolute atomic E-state index is 0.183. The lowest BCUT2D eigenvalue weighted by Crippen LogP contribution is -2.33. The highest BCUT2D eigenvalue weighted by atomic mass is 32.2. The zero-order chi connectivity index (χ0) is 19.9. The number of likely N-dealkylation sites (N-methyl/N-ethyl adjacent to an activating group) is 1. The van der Waals surface area contributed by atoms with Crippen molar-refractivity contribution in [3.05, 3.63) is 59.6 Å². The van der Waals surface area contributed by atoms with Gasteiger partial charge in [0.15, 0.2) is 6.61 Å². The van der Waals surface area contributed by atoms with Gasteiger partial charge < -0.3 is 9.64 Å². The predicted octanol–water partition coefficient (Wildman–Crippen LogP) is 4.54. The maximum Gasteiger partial charge on any atom is 0.307 e.